The lowest BCUT2D eigenvalue weighted by atomic mass is 10.1. The van der Waals surface area contributed by atoms with Crippen molar-refractivity contribution in [3.05, 3.63) is 47.2 Å². The Morgan fingerprint density at radius 3 is 2.00 bits per heavy atom. The van der Waals surface area contributed by atoms with Gasteiger partial charge in [-0.15, -0.1) is 69.7 Å². The summed E-state index contributed by atoms with van der Waals surface area (Å²) in [5, 5.41) is 7.04. The van der Waals surface area contributed by atoms with Crippen LogP contribution < -0.4 is 0 Å². The summed E-state index contributed by atoms with van der Waals surface area (Å²) >= 11 is 13.8. The predicted octanol–water partition coefficient (Wildman–Crippen LogP) is 8.58. The molecule has 0 unspecified atom stereocenters. The fourth-order valence-corrected chi connectivity index (χ4v) is 8.56. The molecule has 0 amide bonds. The van der Waals surface area contributed by atoms with Crippen LogP contribution in [0.2, 0.25) is 0 Å². The first-order valence-electron chi connectivity index (χ1n) is 7.59. The van der Waals surface area contributed by atoms with Gasteiger partial charge in [0.25, 0.3) is 0 Å². The third-order valence-electron chi connectivity index (χ3n) is 4.14. The molecule has 0 saturated carbocycles. The Morgan fingerprint density at radius 1 is 0.800 bits per heavy atom. The van der Waals surface area contributed by atoms with E-state index in [0.717, 1.165) is 4.90 Å². The number of benzene rings is 1. The van der Waals surface area contributed by atoms with Crippen LogP contribution in [0, 0.1) is 0 Å². The molecule has 25 heavy (non-hydrogen) atoms. The molecule has 0 spiro atoms. The minimum atomic E-state index is 1.07. The lowest BCUT2D eigenvalue weighted by Gasteiger charge is -1.95. The Hall–Kier alpha value is -0.760. The third-order valence-corrected chi connectivity index (χ3v) is 9.96. The molecule has 5 rings (SSSR count). The highest BCUT2D eigenvalue weighted by atomic mass is 32.2. The summed E-state index contributed by atoms with van der Waals surface area (Å²) < 4.78 is 2.72. The molecule has 0 aliphatic carbocycles. The fraction of sp³-hybridized carbons (Fsp3) is 0.0526. The van der Waals surface area contributed by atoms with Crippen molar-refractivity contribution >= 4 is 89.9 Å². The second-order valence-corrected chi connectivity index (χ2v) is 10.9. The Kier molecular flexibility index (Phi) is 4.23. The summed E-state index contributed by atoms with van der Waals surface area (Å²) in [5.41, 5.74) is 0. The molecule has 124 valence electrons. The standard InChI is InChI=1S/C19H12S6/c1-21-15-5-7-23-19(15)17-9-11-10-8-16(18-12(20)4-6-22-18)24-13(10)2-3-14(11)25-17/h2-9,20H,1H3. The Balaban J connectivity index is 1.72. The second-order valence-electron chi connectivity index (χ2n) is 5.56. The van der Waals surface area contributed by atoms with Crippen molar-refractivity contribution in [3.63, 3.8) is 0 Å². The summed E-state index contributed by atoms with van der Waals surface area (Å²) in [4.78, 5) is 7.81. The van der Waals surface area contributed by atoms with Gasteiger partial charge in [0.1, 0.15) is 0 Å². The van der Waals surface area contributed by atoms with E-state index in [4.69, 9.17) is 0 Å². The number of rotatable bonds is 3. The van der Waals surface area contributed by atoms with Crippen molar-refractivity contribution in [2.75, 3.05) is 6.26 Å². The summed E-state index contributed by atoms with van der Waals surface area (Å²) in [7, 11) is 0. The van der Waals surface area contributed by atoms with E-state index < -0.39 is 0 Å². The van der Waals surface area contributed by atoms with Gasteiger partial charge >= 0.3 is 0 Å². The number of thiol groups is 1. The average Bonchev–Trinajstić information content (AvgIpc) is 3.37. The molecule has 0 aliphatic heterocycles. The van der Waals surface area contributed by atoms with E-state index in [1.165, 1.54) is 44.6 Å². The van der Waals surface area contributed by atoms with Crippen LogP contribution in [0.3, 0.4) is 0 Å². The Morgan fingerprint density at radius 2 is 1.40 bits per heavy atom. The van der Waals surface area contributed by atoms with E-state index in [1.807, 2.05) is 45.8 Å². The molecular formula is C19H12S6. The largest absolute Gasteiger partial charge is 0.142 e. The molecule has 0 radical (unpaired) electrons. The molecule has 4 heterocycles. The van der Waals surface area contributed by atoms with Crippen LogP contribution in [0.15, 0.2) is 56.9 Å². The number of hydrogen-bond acceptors (Lipinski definition) is 6. The summed E-state index contributed by atoms with van der Waals surface area (Å²) in [6.45, 7) is 0. The molecular weight excluding hydrogens is 421 g/mol. The smallest absolute Gasteiger partial charge is 0.0578 e. The second kappa shape index (κ2) is 6.44. The van der Waals surface area contributed by atoms with Crippen LogP contribution in [-0.4, -0.2) is 6.26 Å². The average molecular weight is 433 g/mol. The predicted molar refractivity (Wildman–Crippen MR) is 123 cm³/mol. The monoisotopic (exact) mass is 432 g/mol. The molecule has 0 aliphatic rings. The first-order valence-corrected chi connectivity index (χ1v) is 12.7. The zero-order chi connectivity index (χ0) is 17.0. The van der Waals surface area contributed by atoms with Gasteiger partial charge in [0.15, 0.2) is 0 Å². The summed E-state index contributed by atoms with van der Waals surface area (Å²) in [5.74, 6) is 0. The van der Waals surface area contributed by atoms with Gasteiger partial charge in [-0.25, -0.2) is 0 Å². The first-order chi connectivity index (χ1) is 12.2. The van der Waals surface area contributed by atoms with Gasteiger partial charge in [0, 0.05) is 39.7 Å². The minimum absolute atomic E-state index is 1.07. The molecule has 0 atom stereocenters. The highest BCUT2D eigenvalue weighted by Crippen LogP contribution is 2.46. The van der Waals surface area contributed by atoms with Gasteiger partial charge < -0.3 is 0 Å². The van der Waals surface area contributed by atoms with Crippen LogP contribution in [0.4, 0.5) is 0 Å². The number of thiophene rings is 4. The summed E-state index contributed by atoms with van der Waals surface area (Å²) in [6, 6.07) is 13.6. The quantitative estimate of drug-likeness (QED) is 0.220. The number of thioether (sulfide) groups is 1. The van der Waals surface area contributed by atoms with Crippen LogP contribution in [0.1, 0.15) is 0 Å². The fourth-order valence-electron chi connectivity index (χ4n) is 2.98. The maximum Gasteiger partial charge on any atom is 0.0578 e. The van der Waals surface area contributed by atoms with Crippen molar-refractivity contribution in [1.29, 1.82) is 0 Å². The van der Waals surface area contributed by atoms with Crippen LogP contribution in [0.25, 0.3) is 39.7 Å². The van der Waals surface area contributed by atoms with E-state index in [0.29, 0.717) is 0 Å². The van der Waals surface area contributed by atoms with Crippen molar-refractivity contribution in [3.8, 4) is 19.5 Å². The van der Waals surface area contributed by atoms with E-state index in [2.05, 4.69) is 66.0 Å². The van der Waals surface area contributed by atoms with Gasteiger partial charge in [0.05, 0.1) is 9.75 Å². The normalized spacial score (nSPS) is 11.8. The number of fused-ring (bicyclic) bond motifs is 3. The van der Waals surface area contributed by atoms with Crippen molar-refractivity contribution in [2.45, 2.75) is 9.79 Å². The third kappa shape index (κ3) is 2.71. The van der Waals surface area contributed by atoms with Crippen molar-refractivity contribution < 1.29 is 0 Å². The van der Waals surface area contributed by atoms with Crippen LogP contribution in [-0.2, 0) is 0 Å². The molecule has 1 aromatic carbocycles. The zero-order valence-corrected chi connectivity index (χ0v) is 18.1. The van der Waals surface area contributed by atoms with Gasteiger partial charge in [0.2, 0.25) is 0 Å². The Bertz CT molecular complexity index is 1200. The Labute approximate surface area is 171 Å². The highest BCUT2D eigenvalue weighted by Gasteiger charge is 2.15. The van der Waals surface area contributed by atoms with E-state index in [9.17, 15) is 0 Å². The zero-order valence-electron chi connectivity index (χ0n) is 13.1. The lowest BCUT2D eigenvalue weighted by Crippen LogP contribution is -1.67. The highest BCUT2D eigenvalue weighted by molar-refractivity contribution is 7.99. The molecule has 0 nitrogen and oxygen atoms in total. The van der Waals surface area contributed by atoms with E-state index in [-0.39, 0.29) is 0 Å². The van der Waals surface area contributed by atoms with Crippen LogP contribution in [0.5, 0.6) is 0 Å². The first kappa shape index (κ1) is 16.4. The van der Waals surface area contributed by atoms with E-state index in [1.54, 1.807) is 11.3 Å². The molecule has 0 bridgehead atoms. The molecule has 0 N–H and O–H groups in total. The molecule has 6 heteroatoms. The van der Waals surface area contributed by atoms with Gasteiger partial charge in [-0.05, 0) is 53.4 Å². The lowest BCUT2D eigenvalue weighted by molar-refractivity contribution is 1.60. The van der Waals surface area contributed by atoms with Gasteiger partial charge in [-0.1, -0.05) is 0 Å². The molecule has 5 aromatic rings. The minimum Gasteiger partial charge on any atom is -0.142 e. The van der Waals surface area contributed by atoms with E-state index >= 15 is 0 Å². The molecule has 0 fully saturated rings. The van der Waals surface area contributed by atoms with Crippen molar-refractivity contribution in [1.82, 2.24) is 0 Å². The maximum absolute atomic E-state index is 4.60. The summed E-state index contributed by atoms with van der Waals surface area (Å²) in [6.07, 6.45) is 2.15. The van der Waals surface area contributed by atoms with Crippen molar-refractivity contribution in [2.24, 2.45) is 0 Å². The van der Waals surface area contributed by atoms with Gasteiger partial charge in [-0.2, -0.15) is 0 Å². The topological polar surface area (TPSA) is 0 Å². The molecule has 4 aromatic heterocycles. The van der Waals surface area contributed by atoms with Gasteiger partial charge in [-0.3, -0.25) is 0 Å². The van der Waals surface area contributed by atoms with Crippen LogP contribution >= 0.6 is 69.7 Å². The molecule has 0 saturated heterocycles. The SMILES string of the molecule is CSc1ccsc1-c1cc2c(ccc3sc(-c4sccc4S)cc32)s1. The maximum atomic E-state index is 4.60. The number of hydrogen-bond donors (Lipinski definition) is 1.